The largest absolute Gasteiger partial charge is 0.307 e. The van der Waals surface area contributed by atoms with E-state index in [1.54, 1.807) is 12.1 Å². The van der Waals surface area contributed by atoms with Crippen LogP contribution in [-0.2, 0) is 0 Å². The third kappa shape index (κ3) is 7.64. The highest BCUT2D eigenvalue weighted by atomic mass is 32.1. The summed E-state index contributed by atoms with van der Waals surface area (Å²) in [5.41, 5.74) is 1.10. The standard InChI is InChI=1S/C14H20FN.C5H12S/c1-2-3-7-13-8-9-14(16-13)11-5-4-6-12(15)10-11;1-2-3-4-5-6/h4-6,10,13-14,16H,2-3,7-9H2,1H3;6H,2-5H2,1H3. The second-order valence-electron chi connectivity index (χ2n) is 6.12. The Balaban J connectivity index is 0.000000346. The Bertz CT molecular complexity index is 393. The smallest absolute Gasteiger partial charge is 0.123 e. The molecule has 0 amide bonds. The molecule has 0 aromatic heterocycles. The van der Waals surface area contributed by atoms with E-state index in [2.05, 4.69) is 31.8 Å². The molecule has 0 bridgehead atoms. The molecule has 126 valence electrons. The van der Waals surface area contributed by atoms with Gasteiger partial charge >= 0.3 is 0 Å². The minimum Gasteiger partial charge on any atom is -0.307 e. The summed E-state index contributed by atoms with van der Waals surface area (Å²) in [6.45, 7) is 4.42. The van der Waals surface area contributed by atoms with Crippen LogP contribution < -0.4 is 5.32 Å². The van der Waals surface area contributed by atoms with Crippen LogP contribution in [-0.4, -0.2) is 11.8 Å². The molecular formula is C19H32FNS. The zero-order valence-electron chi connectivity index (χ0n) is 14.2. The Kier molecular flexibility index (Phi) is 10.6. The monoisotopic (exact) mass is 325 g/mol. The van der Waals surface area contributed by atoms with E-state index in [1.807, 2.05) is 6.07 Å². The van der Waals surface area contributed by atoms with Gasteiger partial charge in [-0.15, -0.1) is 0 Å². The lowest BCUT2D eigenvalue weighted by atomic mass is 10.0. The van der Waals surface area contributed by atoms with Crippen LogP contribution in [0.15, 0.2) is 24.3 Å². The number of thiol groups is 1. The van der Waals surface area contributed by atoms with Gasteiger partial charge in [-0.1, -0.05) is 51.7 Å². The molecule has 0 saturated carbocycles. The van der Waals surface area contributed by atoms with E-state index in [1.165, 1.54) is 51.0 Å². The molecule has 1 aliphatic rings. The SMILES string of the molecule is CCCCC1CCC(c2cccc(F)c2)N1.CCCCCS. The summed E-state index contributed by atoms with van der Waals surface area (Å²) in [7, 11) is 0. The molecule has 1 nitrogen and oxygen atoms in total. The van der Waals surface area contributed by atoms with Crippen LogP contribution in [0.25, 0.3) is 0 Å². The van der Waals surface area contributed by atoms with Gasteiger partial charge in [-0.2, -0.15) is 12.6 Å². The van der Waals surface area contributed by atoms with Crippen molar-refractivity contribution in [3.8, 4) is 0 Å². The van der Waals surface area contributed by atoms with Crippen molar-refractivity contribution in [2.24, 2.45) is 0 Å². The Morgan fingerprint density at radius 3 is 2.50 bits per heavy atom. The number of hydrogen-bond donors (Lipinski definition) is 2. The van der Waals surface area contributed by atoms with Gasteiger partial charge in [0.2, 0.25) is 0 Å². The summed E-state index contributed by atoms with van der Waals surface area (Å²) in [5, 5.41) is 3.60. The molecular weight excluding hydrogens is 293 g/mol. The van der Waals surface area contributed by atoms with Crippen LogP contribution in [0, 0.1) is 5.82 Å². The molecule has 2 rings (SSSR count). The minimum atomic E-state index is -0.128. The van der Waals surface area contributed by atoms with Crippen LogP contribution in [0.1, 0.15) is 76.8 Å². The fourth-order valence-corrected chi connectivity index (χ4v) is 3.07. The summed E-state index contributed by atoms with van der Waals surface area (Å²) in [6, 6.07) is 7.97. The maximum absolute atomic E-state index is 13.1. The first-order chi connectivity index (χ1) is 10.7. The topological polar surface area (TPSA) is 12.0 Å². The van der Waals surface area contributed by atoms with Gasteiger partial charge in [-0.25, -0.2) is 4.39 Å². The molecule has 1 aromatic rings. The predicted octanol–water partition coefficient (Wildman–Crippen LogP) is 5.92. The number of unbranched alkanes of at least 4 members (excludes halogenated alkanes) is 3. The third-order valence-corrected chi connectivity index (χ3v) is 4.48. The normalized spacial score (nSPS) is 20.5. The minimum absolute atomic E-state index is 0.128. The van der Waals surface area contributed by atoms with E-state index in [4.69, 9.17) is 0 Å². The molecule has 2 unspecified atom stereocenters. The first-order valence-corrected chi connectivity index (χ1v) is 9.46. The summed E-state index contributed by atoms with van der Waals surface area (Å²) >= 11 is 4.05. The maximum Gasteiger partial charge on any atom is 0.123 e. The first-order valence-electron chi connectivity index (χ1n) is 8.83. The Morgan fingerprint density at radius 2 is 1.91 bits per heavy atom. The highest BCUT2D eigenvalue weighted by Gasteiger charge is 2.24. The van der Waals surface area contributed by atoms with Crippen LogP contribution >= 0.6 is 12.6 Å². The second-order valence-corrected chi connectivity index (χ2v) is 6.57. The maximum atomic E-state index is 13.1. The fraction of sp³-hybridized carbons (Fsp3) is 0.684. The highest BCUT2D eigenvalue weighted by molar-refractivity contribution is 7.80. The van der Waals surface area contributed by atoms with Crippen LogP contribution in [0.4, 0.5) is 4.39 Å². The van der Waals surface area contributed by atoms with E-state index in [0.717, 1.165) is 17.7 Å². The van der Waals surface area contributed by atoms with Crippen molar-refractivity contribution in [1.82, 2.24) is 5.32 Å². The summed E-state index contributed by atoms with van der Waals surface area (Å²) in [6.07, 6.45) is 10.1. The average molecular weight is 326 g/mol. The van der Waals surface area contributed by atoms with Gasteiger partial charge in [0.25, 0.3) is 0 Å². The van der Waals surface area contributed by atoms with Crippen molar-refractivity contribution in [2.45, 2.75) is 77.3 Å². The molecule has 0 radical (unpaired) electrons. The van der Waals surface area contributed by atoms with Gasteiger partial charge in [0.05, 0.1) is 0 Å². The average Bonchev–Trinajstić information content (AvgIpc) is 3.00. The molecule has 0 aliphatic carbocycles. The Morgan fingerprint density at radius 1 is 1.14 bits per heavy atom. The van der Waals surface area contributed by atoms with Gasteiger partial charge in [-0.3, -0.25) is 0 Å². The van der Waals surface area contributed by atoms with Gasteiger partial charge in [0, 0.05) is 12.1 Å². The van der Waals surface area contributed by atoms with Gasteiger partial charge in [0.15, 0.2) is 0 Å². The molecule has 1 aliphatic heterocycles. The molecule has 1 aromatic carbocycles. The summed E-state index contributed by atoms with van der Waals surface area (Å²) in [4.78, 5) is 0. The second kappa shape index (κ2) is 12.0. The van der Waals surface area contributed by atoms with Crippen molar-refractivity contribution >= 4 is 12.6 Å². The van der Waals surface area contributed by atoms with Crippen molar-refractivity contribution in [2.75, 3.05) is 5.75 Å². The van der Waals surface area contributed by atoms with Gasteiger partial charge < -0.3 is 5.32 Å². The molecule has 0 spiro atoms. The van der Waals surface area contributed by atoms with Crippen LogP contribution in [0.5, 0.6) is 0 Å². The third-order valence-electron chi connectivity index (χ3n) is 4.16. The molecule has 1 heterocycles. The first kappa shape index (κ1) is 19.5. The van der Waals surface area contributed by atoms with Crippen molar-refractivity contribution in [1.29, 1.82) is 0 Å². The summed E-state index contributed by atoms with van der Waals surface area (Å²) in [5.74, 6) is 0.921. The lowest BCUT2D eigenvalue weighted by Crippen LogP contribution is -2.24. The summed E-state index contributed by atoms with van der Waals surface area (Å²) < 4.78 is 13.1. The molecule has 1 fully saturated rings. The number of nitrogens with one attached hydrogen (secondary N) is 1. The van der Waals surface area contributed by atoms with Crippen molar-refractivity contribution < 1.29 is 4.39 Å². The van der Waals surface area contributed by atoms with E-state index in [-0.39, 0.29) is 5.82 Å². The Labute approximate surface area is 141 Å². The van der Waals surface area contributed by atoms with Gasteiger partial charge in [-0.05, 0) is 49.1 Å². The molecule has 2 atom stereocenters. The number of benzene rings is 1. The highest BCUT2D eigenvalue weighted by Crippen LogP contribution is 2.28. The number of halogens is 1. The van der Waals surface area contributed by atoms with Crippen molar-refractivity contribution in [3.63, 3.8) is 0 Å². The molecule has 3 heteroatoms. The predicted molar refractivity (Wildman–Crippen MR) is 98.2 cm³/mol. The number of rotatable bonds is 7. The zero-order valence-corrected chi connectivity index (χ0v) is 15.0. The lowest BCUT2D eigenvalue weighted by molar-refractivity contribution is 0.500. The van der Waals surface area contributed by atoms with Crippen LogP contribution in [0.2, 0.25) is 0 Å². The van der Waals surface area contributed by atoms with E-state index in [9.17, 15) is 4.39 Å². The van der Waals surface area contributed by atoms with E-state index < -0.39 is 0 Å². The number of hydrogen-bond acceptors (Lipinski definition) is 2. The molecule has 1 N–H and O–H groups in total. The van der Waals surface area contributed by atoms with E-state index >= 15 is 0 Å². The fourth-order valence-electron chi connectivity index (χ4n) is 2.85. The van der Waals surface area contributed by atoms with Gasteiger partial charge in [0.1, 0.15) is 5.82 Å². The zero-order chi connectivity index (χ0) is 16.2. The molecule has 22 heavy (non-hydrogen) atoms. The lowest BCUT2D eigenvalue weighted by Gasteiger charge is -2.14. The van der Waals surface area contributed by atoms with E-state index in [0.29, 0.717) is 12.1 Å². The molecule has 1 saturated heterocycles. The van der Waals surface area contributed by atoms with Crippen molar-refractivity contribution in [3.05, 3.63) is 35.6 Å². The van der Waals surface area contributed by atoms with Crippen LogP contribution in [0.3, 0.4) is 0 Å². The quantitative estimate of drug-likeness (QED) is 0.469. The Hall–Kier alpha value is -0.540.